The zero-order valence-electron chi connectivity index (χ0n) is 22.6. The highest BCUT2D eigenvalue weighted by molar-refractivity contribution is 6.10. The van der Waals surface area contributed by atoms with Crippen LogP contribution in [0.2, 0.25) is 0 Å². The number of ether oxygens (including phenoxy) is 1. The van der Waals surface area contributed by atoms with Crippen LogP contribution in [0.15, 0.2) is 84.1 Å². The van der Waals surface area contributed by atoms with Crippen molar-refractivity contribution in [1.29, 1.82) is 0 Å². The van der Waals surface area contributed by atoms with Gasteiger partial charge in [-0.1, -0.05) is 6.07 Å². The van der Waals surface area contributed by atoms with E-state index in [9.17, 15) is 9.18 Å². The fraction of sp³-hybridized carbons (Fsp3) is 0.250. The molecule has 0 spiro atoms. The molecule has 1 fully saturated rings. The minimum atomic E-state index is -0.313. The smallest absolute Gasteiger partial charge is 0.266 e. The van der Waals surface area contributed by atoms with Gasteiger partial charge in [-0.3, -0.25) is 19.2 Å². The van der Waals surface area contributed by atoms with Crippen molar-refractivity contribution in [2.45, 2.75) is 13.0 Å². The number of allylic oxidation sites excluding steroid dienone is 1. The third-order valence-electron chi connectivity index (χ3n) is 7.83. The molecule has 2 aliphatic heterocycles. The van der Waals surface area contributed by atoms with Gasteiger partial charge in [-0.15, -0.1) is 0 Å². The summed E-state index contributed by atoms with van der Waals surface area (Å²) in [6.07, 6.45) is 8.77. The first-order chi connectivity index (χ1) is 20.1. The van der Waals surface area contributed by atoms with Crippen molar-refractivity contribution >= 4 is 33.6 Å². The van der Waals surface area contributed by atoms with E-state index in [2.05, 4.69) is 44.1 Å². The molecule has 0 unspecified atom stereocenters. The van der Waals surface area contributed by atoms with Gasteiger partial charge in [0.15, 0.2) is 24.8 Å². The first-order valence-electron chi connectivity index (χ1n) is 14.0. The van der Waals surface area contributed by atoms with Gasteiger partial charge in [-0.2, -0.15) is 5.10 Å². The Morgan fingerprint density at radius 3 is 2.71 bits per heavy atom. The van der Waals surface area contributed by atoms with Crippen molar-refractivity contribution in [2.75, 3.05) is 39.4 Å². The molecule has 3 aromatic heterocycles. The Hall–Kier alpha value is -4.47. The van der Waals surface area contributed by atoms with Crippen molar-refractivity contribution < 1.29 is 13.7 Å². The monoisotopic (exact) mass is 549 g/mol. The lowest BCUT2D eigenvalue weighted by atomic mass is 10.0. The molecular formula is C32H30FN6O2+. The van der Waals surface area contributed by atoms with Crippen LogP contribution in [0.3, 0.4) is 0 Å². The number of halogens is 1. The van der Waals surface area contributed by atoms with Crippen molar-refractivity contribution in [3.05, 3.63) is 107 Å². The lowest BCUT2D eigenvalue weighted by Crippen LogP contribution is -2.39. The number of hydrogen-bond acceptors (Lipinski definition) is 5. The van der Waals surface area contributed by atoms with Crippen LogP contribution in [0.4, 0.5) is 4.39 Å². The minimum Gasteiger partial charge on any atom is -0.379 e. The Balaban J connectivity index is 1.04. The number of nitrogens with zero attached hydrogens (tertiary/aromatic N) is 6. The molecule has 7 rings (SSSR count). The number of pyridine rings is 1. The van der Waals surface area contributed by atoms with Gasteiger partial charge in [0.25, 0.3) is 5.56 Å². The molecule has 206 valence electrons. The van der Waals surface area contributed by atoms with Crippen LogP contribution in [0.5, 0.6) is 0 Å². The van der Waals surface area contributed by atoms with E-state index in [-0.39, 0.29) is 11.4 Å². The molecular weight excluding hydrogens is 519 g/mol. The summed E-state index contributed by atoms with van der Waals surface area (Å²) < 4.78 is 24.8. The number of aromatic nitrogens is 4. The van der Waals surface area contributed by atoms with Gasteiger partial charge in [0, 0.05) is 54.4 Å². The Kier molecular flexibility index (Phi) is 6.74. The van der Waals surface area contributed by atoms with Crippen LogP contribution in [-0.2, 0) is 17.7 Å². The van der Waals surface area contributed by atoms with E-state index in [1.54, 1.807) is 16.7 Å². The van der Waals surface area contributed by atoms with Crippen molar-refractivity contribution in [3.63, 3.8) is 0 Å². The molecule has 5 heterocycles. The van der Waals surface area contributed by atoms with E-state index >= 15 is 0 Å². The number of rotatable bonds is 8. The summed E-state index contributed by atoms with van der Waals surface area (Å²) in [6.45, 7) is 6.08. The van der Waals surface area contributed by atoms with Gasteiger partial charge in [-0.25, -0.2) is 13.6 Å². The summed E-state index contributed by atoms with van der Waals surface area (Å²) >= 11 is 0. The molecule has 1 saturated heterocycles. The lowest BCUT2D eigenvalue weighted by Gasteiger charge is -2.25. The molecule has 0 bridgehead atoms. The number of benzene rings is 2. The van der Waals surface area contributed by atoms with Gasteiger partial charge in [0.1, 0.15) is 11.4 Å². The second-order valence-electron chi connectivity index (χ2n) is 10.5. The highest BCUT2D eigenvalue weighted by Crippen LogP contribution is 2.23. The Morgan fingerprint density at radius 1 is 0.951 bits per heavy atom. The molecule has 0 aliphatic carbocycles. The van der Waals surface area contributed by atoms with Crippen molar-refractivity contribution in [3.8, 4) is 5.82 Å². The molecule has 9 heteroatoms. The zero-order chi connectivity index (χ0) is 27.8. The number of aryl methyl sites for hydroxylation is 2. The number of morpholine rings is 1. The zero-order valence-corrected chi connectivity index (χ0v) is 22.6. The third-order valence-corrected chi connectivity index (χ3v) is 7.83. The number of fused-ring (bicyclic) bond motifs is 2. The lowest BCUT2D eigenvalue weighted by molar-refractivity contribution is -0.459. The summed E-state index contributed by atoms with van der Waals surface area (Å²) in [6, 6.07) is 18.1. The quantitative estimate of drug-likeness (QED) is 0.275. The SMILES string of the molecule is O=c1ccc(-n2ccc3ccc(F)cc32)nn1CCc1ccc2ncc(C3=C[N+](CCN4CCOCC4)=C3)cc2c1. The van der Waals surface area contributed by atoms with Crippen LogP contribution in [0.1, 0.15) is 11.1 Å². The van der Waals surface area contributed by atoms with E-state index < -0.39 is 0 Å². The van der Waals surface area contributed by atoms with E-state index in [1.165, 1.54) is 28.5 Å². The maximum atomic E-state index is 13.9. The summed E-state index contributed by atoms with van der Waals surface area (Å²) in [5.41, 5.74) is 4.84. The first-order valence-corrected chi connectivity index (χ1v) is 14.0. The second kappa shape index (κ2) is 10.8. The summed E-state index contributed by atoms with van der Waals surface area (Å²) in [5.74, 6) is 0.258. The van der Waals surface area contributed by atoms with E-state index in [4.69, 9.17) is 4.74 Å². The largest absolute Gasteiger partial charge is 0.379 e. The van der Waals surface area contributed by atoms with E-state index in [1.807, 2.05) is 30.6 Å². The van der Waals surface area contributed by atoms with Crippen LogP contribution < -0.4 is 5.56 Å². The average molecular weight is 550 g/mol. The predicted molar refractivity (Wildman–Crippen MR) is 157 cm³/mol. The van der Waals surface area contributed by atoms with Crippen LogP contribution in [-0.4, -0.2) is 74.4 Å². The summed E-state index contributed by atoms with van der Waals surface area (Å²) in [5, 5.41) is 6.56. The van der Waals surface area contributed by atoms with Gasteiger partial charge in [0.05, 0.1) is 30.8 Å². The van der Waals surface area contributed by atoms with Gasteiger partial charge >= 0.3 is 0 Å². The highest BCUT2D eigenvalue weighted by atomic mass is 19.1. The van der Waals surface area contributed by atoms with Crippen LogP contribution in [0, 0.1) is 5.82 Å². The van der Waals surface area contributed by atoms with Crippen molar-refractivity contribution in [1.82, 2.24) is 24.2 Å². The molecule has 0 atom stereocenters. The molecule has 5 aromatic rings. The van der Waals surface area contributed by atoms with Crippen molar-refractivity contribution in [2.24, 2.45) is 0 Å². The van der Waals surface area contributed by atoms with Crippen LogP contribution in [0.25, 0.3) is 33.2 Å². The maximum Gasteiger partial charge on any atom is 0.266 e. The number of hydrogen-bond donors (Lipinski definition) is 0. The third kappa shape index (κ3) is 5.33. The highest BCUT2D eigenvalue weighted by Gasteiger charge is 2.21. The molecule has 0 radical (unpaired) electrons. The van der Waals surface area contributed by atoms with E-state index in [0.717, 1.165) is 66.8 Å². The average Bonchev–Trinajstić information content (AvgIpc) is 3.39. The molecule has 8 nitrogen and oxygen atoms in total. The topological polar surface area (TPSA) is 68.2 Å². The summed E-state index contributed by atoms with van der Waals surface area (Å²) in [4.78, 5) is 19.7. The normalized spacial score (nSPS) is 15.6. The Labute approximate surface area is 236 Å². The fourth-order valence-corrected chi connectivity index (χ4v) is 5.46. The van der Waals surface area contributed by atoms with Gasteiger partial charge < -0.3 is 4.74 Å². The maximum absolute atomic E-state index is 13.9. The molecule has 0 amide bonds. The van der Waals surface area contributed by atoms with E-state index in [0.29, 0.717) is 24.3 Å². The molecule has 2 aromatic carbocycles. The molecule has 41 heavy (non-hydrogen) atoms. The Morgan fingerprint density at radius 2 is 1.83 bits per heavy atom. The van der Waals surface area contributed by atoms with Gasteiger partial charge in [-0.05, 0) is 60.5 Å². The Bertz CT molecular complexity index is 1880. The standard InChI is InChI=1S/C32H30FN6O2/c33-28-3-2-24-8-9-38(30(24)19-28)31-5-6-32(40)39(35-31)10-7-23-1-4-29-25(17-23)18-26(20-34-29)27-21-37(22-27)12-11-36-13-15-41-16-14-36/h1-6,8-9,17-22H,7,10-16H2/q+1. The van der Waals surface area contributed by atoms with Gasteiger partial charge in [0.2, 0.25) is 0 Å². The summed E-state index contributed by atoms with van der Waals surface area (Å²) in [7, 11) is 0. The molecule has 0 N–H and O–H groups in total. The molecule has 0 saturated carbocycles. The minimum absolute atomic E-state index is 0.174. The van der Waals surface area contributed by atoms with Crippen LogP contribution >= 0.6 is 0 Å². The molecule has 2 aliphatic rings. The predicted octanol–water partition coefficient (Wildman–Crippen LogP) is 3.89. The first kappa shape index (κ1) is 25.5. The fourth-order valence-electron chi connectivity index (χ4n) is 5.46. The second-order valence-corrected chi connectivity index (χ2v) is 10.5.